The number of amides is 1. The molecule has 1 amide bonds. The molecule has 0 aromatic carbocycles. The molecule has 0 aromatic heterocycles. The van der Waals surface area contributed by atoms with Crippen LogP contribution in [0, 0.1) is 11.3 Å². The Bertz CT molecular complexity index is 429. The second-order valence-corrected chi connectivity index (χ2v) is 6.01. The molecule has 0 atom stereocenters. The molecule has 1 fully saturated rings. The number of nitrogens with one attached hydrogen (secondary N) is 2. The molecule has 0 unspecified atom stereocenters. The third-order valence-corrected chi connectivity index (χ3v) is 3.90. The van der Waals surface area contributed by atoms with Gasteiger partial charge in [0.2, 0.25) is 0 Å². The van der Waals surface area contributed by atoms with Crippen molar-refractivity contribution in [1.82, 2.24) is 15.5 Å². The van der Waals surface area contributed by atoms with E-state index in [-0.39, 0.29) is 11.5 Å². The van der Waals surface area contributed by atoms with Crippen LogP contribution >= 0.6 is 0 Å². The molecule has 0 saturated carbocycles. The average molecular weight is 352 g/mol. The predicted molar refractivity (Wildman–Crippen MR) is 96.9 cm³/mol. The van der Waals surface area contributed by atoms with E-state index in [0.717, 1.165) is 71.7 Å². The summed E-state index contributed by atoms with van der Waals surface area (Å²) in [6, 6.07) is 1.94. The van der Waals surface area contributed by atoms with Gasteiger partial charge < -0.3 is 20.1 Å². The van der Waals surface area contributed by atoms with Gasteiger partial charge in [0.05, 0.1) is 13.2 Å². The zero-order valence-electron chi connectivity index (χ0n) is 15.4. The standard InChI is InChI=1S/C18H32N4O3/c1-2-3-11-24-12-5-7-21-18(23)17(15-19)16-20-6-4-8-22-9-13-25-14-10-22/h16,20H,2-14H2,1H3,(H,21,23)/b17-16-. The highest BCUT2D eigenvalue weighted by Gasteiger charge is 2.09. The minimum atomic E-state index is -0.336. The molecule has 1 heterocycles. The molecule has 0 aromatic rings. The Morgan fingerprint density at radius 2 is 2.00 bits per heavy atom. The summed E-state index contributed by atoms with van der Waals surface area (Å²) in [7, 11) is 0. The molecule has 0 spiro atoms. The van der Waals surface area contributed by atoms with Crippen LogP contribution in [0.2, 0.25) is 0 Å². The number of carbonyl (C=O) groups is 1. The third-order valence-electron chi connectivity index (χ3n) is 3.90. The van der Waals surface area contributed by atoms with E-state index in [2.05, 4.69) is 22.5 Å². The monoisotopic (exact) mass is 352 g/mol. The molecule has 7 heteroatoms. The predicted octanol–water partition coefficient (Wildman–Crippen LogP) is 1.03. The van der Waals surface area contributed by atoms with Crippen LogP contribution in [-0.4, -0.2) is 70.0 Å². The number of nitrogens with zero attached hydrogens (tertiary/aromatic N) is 2. The minimum Gasteiger partial charge on any atom is -0.390 e. The number of morpholine rings is 1. The molecule has 2 N–H and O–H groups in total. The van der Waals surface area contributed by atoms with Crippen molar-refractivity contribution in [2.75, 3.05) is 59.2 Å². The Hall–Kier alpha value is -1.62. The summed E-state index contributed by atoms with van der Waals surface area (Å²) in [4.78, 5) is 14.3. The molecular weight excluding hydrogens is 320 g/mol. The number of ether oxygens (including phenoxy) is 2. The van der Waals surface area contributed by atoms with Gasteiger partial charge in [0, 0.05) is 45.6 Å². The molecular formula is C18H32N4O3. The summed E-state index contributed by atoms with van der Waals surface area (Å²) in [5.41, 5.74) is 0.110. The summed E-state index contributed by atoms with van der Waals surface area (Å²) < 4.78 is 10.7. The van der Waals surface area contributed by atoms with Crippen molar-refractivity contribution in [3.05, 3.63) is 11.8 Å². The largest absolute Gasteiger partial charge is 0.390 e. The fourth-order valence-electron chi connectivity index (χ4n) is 2.37. The normalized spacial score (nSPS) is 15.6. The lowest BCUT2D eigenvalue weighted by molar-refractivity contribution is -0.117. The van der Waals surface area contributed by atoms with Gasteiger partial charge in [-0.25, -0.2) is 0 Å². The summed E-state index contributed by atoms with van der Waals surface area (Å²) >= 11 is 0. The number of carbonyl (C=O) groups excluding carboxylic acids is 1. The van der Waals surface area contributed by atoms with E-state index in [1.807, 2.05) is 6.07 Å². The molecule has 1 aliphatic rings. The quantitative estimate of drug-likeness (QED) is 0.292. The van der Waals surface area contributed by atoms with Crippen molar-refractivity contribution >= 4 is 5.91 Å². The smallest absolute Gasteiger partial charge is 0.263 e. The second kappa shape index (κ2) is 14.7. The molecule has 7 nitrogen and oxygen atoms in total. The van der Waals surface area contributed by atoms with Crippen molar-refractivity contribution in [2.45, 2.75) is 32.6 Å². The Morgan fingerprint density at radius 3 is 2.72 bits per heavy atom. The fraction of sp³-hybridized carbons (Fsp3) is 0.778. The lowest BCUT2D eigenvalue weighted by Gasteiger charge is -2.26. The van der Waals surface area contributed by atoms with Crippen LogP contribution < -0.4 is 10.6 Å². The van der Waals surface area contributed by atoms with Crippen molar-refractivity contribution in [3.8, 4) is 6.07 Å². The number of unbranched alkanes of at least 4 members (excludes halogenated alkanes) is 1. The van der Waals surface area contributed by atoms with Crippen LogP contribution in [0.4, 0.5) is 0 Å². The number of nitriles is 1. The minimum absolute atomic E-state index is 0.110. The van der Waals surface area contributed by atoms with E-state index in [1.54, 1.807) is 0 Å². The van der Waals surface area contributed by atoms with Crippen LogP contribution in [0.3, 0.4) is 0 Å². The van der Waals surface area contributed by atoms with Crippen molar-refractivity contribution in [3.63, 3.8) is 0 Å². The van der Waals surface area contributed by atoms with Crippen molar-refractivity contribution in [2.24, 2.45) is 0 Å². The maximum absolute atomic E-state index is 11.9. The van der Waals surface area contributed by atoms with Gasteiger partial charge >= 0.3 is 0 Å². The Morgan fingerprint density at radius 1 is 1.24 bits per heavy atom. The fourth-order valence-corrected chi connectivity index (χ4v) is 2.37. The highest BCUT2D eigenvalue weighted by atomic mass is 16.5. The van der Waals surface area contributed by atoms with Crippen LogP contribution in [0.5, 0.6) is 0 Å². The van der Waals surface area contributed by atoms with E-state index < -0.39 is 0 Å². The van der Waals surface area contributed by atoms with Gasteiger partial charge in [0.1, 0.15) is 11.6 Å². The number of rotatable bonds is 13. The Kier molecular flexibility index (Phi) is 12.6. The van der Waals surface area contributed by atoms with Gasteiger partial charge in [-0.2, -0.15) is 5.26 Å². The van der Waals surface area contributed by atoms with Crippen LogP contribution in [0.1, 0.15) is 32.6 Å². The second-order valence-electron chi connectivity index (χ2n) is 6.01. The molecule has 1 saturated heterocycles. The maximum Gasteiger partial charge on any atom is 0.263 e. The van der Waals surface area contributed by atoms with Gasteiger partial charge in [-0.3, -0.25) is 9.69 Å². The van der Waals surface area contributed by atoms with Crippen LogP contribution in [0.15, 0.2) is 11.8 Å². The first kappa shape index (κ1) is 21.4. The Labute approximate surface area is 151 Å². The molecule has 0 bridgehead atoms. The first-order chi connectivity index (χ1) is 12.3. The first-order valence-electron chi connectivity index (χ1n) is 9.27. The van der Waals surface area contributed by atoms with E-state index in [9.17, 15) is 4.79 Å². The number of hydrogen-bond donors (Lipinski definition) is 2. The molecule has 25 heavy (non-hydrogen) atoms. The van der Waals surface area contributed by atoms with E-state index in [1.165, 1.54) is 6.20 Å². The van der Waals surface area contributed by atoms with Crippen molar-refractivity contribution < 1.29 is 14.3 Å². The average Bonchev–Trinajstić information content (AvgIpc) is 2.64. The molecule has 0 aliphatic carbocycles. The van der Waals surface area contributed by atoms with Gasteiger partial charge in [-0.1, -0.05) is 13.3 Å². The summed E-state index contributed by atoms with van der Waals surface area (Å²) in [5, 5.41) is 14.9. The van der Waals surface area contributed by atoms with E-state index >= 15 is 0 Å². The van der Waals surface area contributed by atoms with E-state index in [0.29, 0.717) is 13.2 Å². The topological polar surface area (TPSA) is 86.6 Å². The zero-order chi connectivity index (χ0) is 18.2. The van der Waals surface area contributed by atoms with Gasteiger partial charge in [0.25, 0.3) is 5.91 Å². The van der Waals surface area contributed by atoms with E-state index in [4.69, 9.17) is 14.7 Å². The zero-order valence-corrected chi connectivity index (χ0v) is 15.4. The van der Waals surface area contributed by atoms with Crippen molar-refractivity contribution in [1.29, 1.82) is 5.26 Å². The first-order valence-corrected chi connectivity index (χ1v) is 9.27. The highest BCUT2D eigenvalue weighted by Crippen LogP contribution is 1.98. The van der Waals surface area contributed by atoms with Crippen LogP contribution in [0.25, 0.3) is 0 Å². The van der Waals surface area contributed by atoms with Gasteiger partial charge in [-0.05, 0) is 25.8 Å². The molecule has 142 valence electrons. The van der Waals surface area contributed by atoms with Gasteiger partial charge in [-0.15, -0.1) is 0 Å². The lowest BCUT2D eigenvalue weighted by atomic mass is 10.3. The molecule has 1 rings (SSSR count). The highest BCUT2D eigenvalue weighted by molar-refractivity contribution is 5.97. The SMILES string of the molecule is CCCCOCCCNC(=O)/C(C#N)=C\NCCCN1CCOCC1. The molecule has 1 aliphatic heterocycles. The third kappa shape index (κ3) is 10.8. The summed E-state index contributed by atoms with van der Waals surface area (Å²) in [5.74, 6) is -0.336. The summed E-state index contributed by atoms with van der Waals surface area (Å²) in [6.07, 6.45) is 5.40. The van der Waals surface area contributed by atoms with Crippen LogP contribution in [-0.2, 0) is 14.3 Å². The van der Waals surface area contributed by atoms with Gasteiger partial charge in [0.15, 0.2) is 0 Å². The lowest BCUT2D eigenvalue weighted by Crippen LogP contribution is -2.37. The Balaban J connectivity index is 2.08. The number of hydrogen-bond acceptors (Lipinski definition) is 6. The maximum atomic E-state index is 11.9. The summed E-state index contributed by atoms with van der Waals surface area (Å²) in [6.45, 7) is 9.32. The molecule has 0 radical (unpaired) electrons.